The van der Waals surface area contributed by atoms with E-state index in [1.54, 1.807) is 17.0 Å². The quantitative estimate of drug-likeness (QED) is 0.397. The molecule has 4 rings (SSSR count). The normalized spacial score (nSPS) is 13.2. The van der Waals surface area contributed by atoms with E-state index in [4.69, 9.17) is 11.6 Å². The van der Waals surface area contributed by atoms with Gasteiger partial charge in [-0.15, -0.1) is 0 Å². The summed E-state index contributed by atoms with van der Waals surface area (Å²) in [6.07, 6.45) is 2.27. The van der Waals surface area contributed by atoms with Crippen LogP contribution in [-0.2, 0) is 16.1 Å². The highest BCUT2D eigenvalue weighted by molar-refractivity contribution is 6.31. The fourth-order valence-corrected chi connectivity index (χ4v) is 4.79. The van der Waals surface area contributed by atoms with Crippen LogP contribution >= 0.6 is 11.6 Å². The molecule has 0 saturated carbocycles. The highest BCUT2D eigenvalue weighted by atomic mass is 35.5. The lowest BCUT2D eigenvalue weighted by Crippen LogP contribution is -2.52. The predicted molar refractivity (Wildman–Crippen MR) is 140 cm³/mol. The van der Waals surface area contributed by atoms with Crippen molar-refractivity contribution in [2.75, 3.05) is 18.0 Å². The van der Waals surface area contributed by atoms with Crippen molar-refractivity contribution in [1.82, 2.24) is 10.2 Å². The number of benzene rings is 3. The summed E-state index contributed by atoms with van der Waals surface area (Å²) in [5.74, 6) is -0.705. The van der Waals surface area contributed by atoms with Gasteiger partial charge in [0.15, 0.2) is 0 Å². The third-order valence-corrected chi connectivity index (χ3v) is 6.83. The molecule has 3 aromatic carbocycles. The number of unbranched alkanes of at least 4 members (excludes halogenated alkanes) is 1. The summed E-state index contributed by atoms with van der Waals surface area (Å²) < 4.78 is 0. The number of nitrogens with zero attached hydrogens (tertiary/aromatic N) is 2. The SMILES string of the molecule is CCCCNC(=O)C(CC)N(Cc1ccccc1Cl)C(=O)CN1C(=O)c2cccc3cccc1c23. The van der Waals surface area contributed by atoms with Crippen LogP contribution in [0.4, 0.5) is 5.69 Å². The molecule has 3 aromatic rings. The van der Waals surface area contributed by atoms with Gasteiger partial charge >= 0.3 is 0 Å². The predicted octanol–water partition coefficient (Wildman–Crippen LogP) is 5.18. The van der Waals surface area contributed by atoms with E-state index in [2.05, 4.69) is 12.2 Å². The van der Waals surface area contributed by atoms with Crippen molar-refractivity contribution < 1.29 is 14.4 Å². The lowest BCUT2D eigenvalue weighted by molar-refractivity contribution is -0.140. The lowest BCUT2D eigenvalue weighted by Gasteiger charge is -2.32. The summed E-state index contributed by atoms with van der Waals surface area (Å²) in [5.41, 5.74) is 2.06. The first kappa shape index (κ1) is 24.7. The topological polar surface area (TPSA) is 69.7 Å². The molecule has 1 unspecified atom stereocenters. The van der Waals surface area contributed by atoms with Gasteiger partial charge in [-0.05, 0) is 42.0 Å². The molecule has 35 heavy (non-hydrogen) atoms. The lowest BCUT2D eigenvalue weighted by atomic mass is 10.1. The molecule has 6 nitrogen and oxygen atoms in total. The zero-order valence-electron chi connectivity index (χ0n) is 20.1. The third kappa shape index (κ3) is 5.03. The Balaban J connectivity index is 1.63. The second-order valence-electron chi connectivity index (χ2n) is 8.75. The second-order valence-corrected chi connectivity index (χ2v) is 9.16. The fraction of sp³-hybridized carbons (Fsp3) is 0.321. The van der Waals surface area contributed by atoms with E-state index in [1.165, 1.54) is 4.90 Å². The molecule has 0 radical (unpaired) electrons. The second kappa shape index (κ2) is 10.9. The summed E-state index contributed by atoms with van der Waals surface area (Å²) in [7, 11) is 0. The monoisotopic (exact) mass is 491 g/mol. The molecule has 7 heteroatoms. The number of halogens is 1. The van der Waals surface area contributed by atoms with E-state index in [-0.39, 0.29) is 30.8 Å². The van der Waals surface area contributed by atoms with Gasteiger partial charge in [0.05, 0.1) is 5.69 Å². The van der Waals surface area contributed by atoms with Gasteiger partial charge in [0.2, 0.25) is 11.8 Å². The highest BCUT2D eigenvalue weighted by Crippen LogP contribution is 2.37. The molecule has 1 atom stereocenters. The molecule has 0 spiro atoms. The van der Waals surface area contributed by atoms with Crippen LogP contribution in [0.15, 0.2) is 60.7 Å². The zero-order valence-corrected chi connectivity index (χ0v) is 20.8. The molecular formula is C28H30ClN3O3. The van der Waals surface area contributed by atoms with Crippen LogP contribution in [0.5, 0.6) is 0 Å². The number of carbonyl (C=O) groups excluding carboxylic acids is 3. The van der Waals surface area contributed by atoms with Gasteiger partial charge in [0, 0.05) is 29.1 Å². The first-order valence-electron chi connectivity index (χ1n) is 12.1. The van der Waals surface area contributed by atoms with E-state index in [9.17, 15) is 14.4 Å². The maximum absolute atomic E-state index is 13.8. The molecule has 3 amide bonds. The molecule has 1 heterocycles. The summed E-state index contributed by atoms with van der Waals surface area (Å²) >= 11 is 6.41. The smallest absolute Gasteiger partial charge is 0.259 e. The van der Waals surface area contributed by atoms with Crippen LogP contribution in [0.1, 0.15) is 49.0 Å². The number of hydrogen-bond donors (Lipinski definition) is 1. The fourth-order valence-electron chi connectivity index (χ4n) is 4.60. The minimum Gasteiger partial charge on any atom is -0.354 e. The van der Waals surface area contributed by atoms with E-state index >= 15 is 0 Å². The Morgan fingerprint density at radius 3 is 2.49 bits per heavy atom. The molecule has 1 aliphatic rings. The van der Waals surface area contributed by atoms with Crippen molar-refractivity contribution in [2.45, 2.75) is 45.7 Å². The average molecular weight is 492 g/mol. The van der Waals surface area contributed by atoms with Crippen LogP contribution in [0.3, 0.4) is 0 Å². The summed E-state index contributed by atoms with van der Waals surface area (Å²) in [6.45, 7) is 4.52. The number of amides is 3. The van der Waals surface area contributed by atoms with Gasteiger partial charge in [-0.2, -0.15) is 0 Å². The molecule has 0 bridgehead atoms. The Hall–Kier alpha value is -3.38. The van der Waals surface area contributed by atoms with Crippen LogP contribution < -0.4 is 10.2 Å². The van der Waals surface area contributed by atoms with Crippen molar-refractivity contribution in [3.63, 3.8) is 0 Å². The van der Waals surface area contributed by atoms with Crippen molar-refractivity contribution in [3.05, 3.63) is 76.8 Å². The molecule has 1 aliphatic heterocycles. The summed E-state index contributed by atoms with van der Waals surface area (Å²) in [6, 6.07) is 17.9. The summed E-state index contributed by atoms with van der Waals surface area (Å²) in [5, 5.41) is 5.30. The average Bonchev–Trinajstić information content (AvgIpc) is 3.13. The number of rotatable bonds is 10. The van der Waals surface area contributed by atoms with Gasteiger partial charge in [-0.3, -0.25) is 19.3 Å². The number of nitrogens with one attached hydrogen (secondary N) is 1. The highest BCUT2D eigenvalue weighted by Gasteiger charge is 2.35. The third-order valence-electron chi connectivity index (χ3n) is 6.46. The maximum Gasteiger partial charge on any atom is 0.259 e. The van der Waals surface area contributed by atoms with Crippen LogP contribution in [0, 0.1) is 0 Å². The molecule has 0 fully saturated rings. The molecule has 0 saturated heterocycles. The first-order valence-corrected chi connectivity index (χ1v) is 12.5. The zero-order chi connectivity index (χ0) is 24.9. The van der Waals surface area contributed by atoms with Crippen molar-refractivity contribution >= 4 is 45.8 Å². The number of anilines is 1. The molecule has 182 valence electrons. The Morgan fingerprint density at radius 2 is 1.77 bits per heavy atom. The van der Waals surface area contributed by atoms with Crippen LogP contribution in [0.25, 0.3) is 10.8 Å². The van der Waals surface area contributed by atoms with Crippen molar-refractivity contribution in [2.24, 2.45) is 0 Å². The Morgan fingerprint density at radius 1 is 1.03 bits per heavy atom. The van der Waals surface area contributed by atoms with E-state index < -0.39 is 6.04 Å². The largest absolute Gasteiger partial charge is 0.354 e. The Labute approximate surface area is 210 Å². The standard InChI is InChI=1S/C28H30ClN3O3/c1-3-5-16-30-27(34)23(4-2)31(17-20-10-6-7-14-22(20)29)25(33)18-32-24-15-9-12-19-11-8-13-21(26(19)24)28(32)35/h6-15,23H,3-5,16-18H2,1-2H3,(H,30,34). The van der Waals surface area contributed by atoms with Crippen LogP contribution in [-0.4, -0.2) is 41.8 Å². The van der Waals surface area contributed by atoms with Gasteiger partial charge in [-0.1, -0.05) is 74.3 Å². The van der Waals surface area contributed by atoms with Crippen molar-refractivity contribution in [1.29, 1.82) is 0 Å². The van der Waals surface area contributed by atoms with E-state index in [1.807, 2.05) is 55.5 Å². The Bertz CT molecular complexity index is 1250. The van der Waals surface area contributed by atoms with Gasteiger partial charge in [0.1, 0.15) is 12.6 Å². The van der Waals surface area contributed by atoms with Gasteiger partial charge < -0.3 is 10.2 Å². The molecular weight excluding hydrogens is 462 g/mol. The first-order chi connectivity index (χ1) is 17.0. The van der Waals surface area contributed by atoms with E-state index in [0.717, 1.165) is 34.9 Å². The summed E-state index contributed by atoms with van der Waals surface area (Å²) in [4.78, 5) is 43.2. The minimum atomic E-state index is -0.675. The number of carbonyl (C=O) groups is 3. The molecule has 0 aromatic heterocycles. The van der Waals surface area contributed by atoms with Gasteiger partial charge in [0.25, 0.3) is 5.91 Å². The van der Waals surface area contributed by atoms with Crippen molar-refractivity contribution in [3.8, 4) is 0 Å². The minimum absolute atomic E-state index is 0.157. The Kier molecular flexibility index (Phi) is 7.71. The maximum atomic E-state index is 13.8. The van der Waals surface area contributed by atoms with Gasteiger partial charge in [-0.25, -0.2) is 0 Å². The molecule has 1 N–H and O–H groups in total. The number of hydrogen-bond acceptors (Lipinski definition) is 3. The van der Waals surface area contributed by atoms with E-state index in [0.29, 0.717) is 23.6 Å². The van der Waals surface area contributed by atoms with Crippen LogP contribution in [0.2, 0.25) is 5.02 Å². The molecule has 0 aliphatic carbocycles.